The molecule has 0 aliphatic rings. The summed E-state index contributed by atoms with van der Waals surface area (Å²) in [6.07, 6.45) is 1.83. The van der Waals surface area contributed by atoms with Crippen LogP contribution in [-0.4, -0.2) is 4.98 Å². The Labute approximate surface area is 111 Å². The van der Waals surface area contributed by atoms with Gasteiger partial charge in [-0.15, -0.1) is 11.3 Å². The Morgan fingerprint density at radius 2 is 2.00 bits per heavy atom. The first kappa shape index (κ1) is 12.6. The molecule has 2 atom stereocenters. The molecular weight excluding hydrogens is 252 g/mol. The third kappa shape index (κ3) is 3.06. The molecule has 0 spiro atoms. The number of benzene rings is 1. The van der Waals surface area contributed by atoms with Gasteiger partial charge in [0.2, 0.25) is 0 Å². The lowest BCUT2D eigenvalue weighted by Crippen LogP contribution is -2.22. The Morgan fingerprint density at radius 1 is 1.24 bits per heavy atom. The van der Waals surface area contributed by atoms with Crippen molar-refractivity contribution < 1.29 is 0 Å². The van der Waals surface area contributed by atoms with E-state index in [1.807, 2.05) is 29.8 Å². The Balaban J connectivity index is 2.07. The van der Waals surface area contributed by atoms with Crippen LogP contribution in [0.25, 0.3) is 0 Å². The smallest absolute Gasteiger partial charge is 0.109 e. The van der Waals surface area contributed by atoms with Crippen LogP contribution in [0.15, 0.2) is 35.8 Å². The molecule has 0 saturated heterocycles. The van der Waals surface area contributed by atoms with Crippen molar-refractivity contribution in [3.8, 4) is 0 Å². The third-order valence-electron chi connectivity index (χ3n) is 2.69. The van der Waals surface area contributed by atoms with Crippen LogP contribution in [0, 0.1) is 0 Å². The van der Waals surface area contributed by atoms with Crippen LogP contribution in [0.3, 0.4) is 0 Å². The summed E-state index contributed by atoms with van der Waals surface area (Å²) >= 11 is 7.84. The zero-order chi connectivity index (χ0) is 12.3. The molecule has 1 heterocycles. The highest BCUT2D eigenvalue weighted by atomic mass is 35.5. The fourth-order valence-electron chi connectivity index (χ4n) is 1.81. The molecule has 2 aromatic rings. The predicted molar refractivity (Wildman–Crippen MR) is 73.5 cm³/mol. The van der Waals surface area contributed by atoms with E-state index >= 15 is 0 Å². The van der Waals surface area contributed by atoms with Crippen molar-refractivity contribution in [2.75, 3.05) is 0 Å². The van der Waals surface area contributed by atoms with Gasteiger partial charge in [0.25, 0.3) is 0 Å². The molecule has 0 radical (unpaired) electrons. The van der Waals surface area contributed by atoms with Crippen molar-refractivity contribution in [2.24, 2.45) is 0 Å². The maximum Gasteiger partial charge on any atom is 0.109 e. The van der Waals surface area contributed by atoms with Crippen LogP contribution < -0.4 is 5.32 Å². The van der Waals surface area contributed by atoms with Crippen molar-refractivity contribution in [3.05, 3.63) is 51.4 Å². The highest BCUT2D eigenvalue weighted by Gasteiger charge is 2.14. The molecule has 0 saturated carbocycles. The van der Waals surface area contributed by atoms with Gasteiger partial charge in [-0.1, -0.05) is 29.8 Å². The molecule has 0 fully saturated rings. The van der Waals surface area contributed by atoms with E-state index in [-0.39, 0.29) is 12.1 Å². The van der Waals surface area contributed by atoms with Gasteiger partial charge in [0.1, 0.15) is 5.01 Å². The lowest BCUT2D eigenvalue weighted by molar-refractivity contribution is 0.493. The van der Waals surface area contributed by atoms with E-state index < -0.39 is 0 Å². The van der Waals surface area contributed by atoms with Gasteiger partial charge >= 0.3 is 0 Å². The molecular formula is C13H15ClN2S. The molecule has 0 bridgehead atoms. The van der Waals surface area contributed by atoms with E-state index in [2.05, 4.69) is 30.2 Å². The van der Waals surface area contributed by atoms with Gasteiger partial charge in [0.05, 0.1) is 6.04 Å². The first-order valence-electron chi connectivity index (χ1n) is 5.58. The van der Waals surface area contributed by atoms with Gasteiger partial charge in [-0.05, 0) is 25.5 Å². The van der Waals surface area contributed by atoms with Gasteiger partial charge in [-0.2, -0.15) is 0 Å². The standard InChI is InChI=1S/C13H15ClN2S/c1-9(11-5-3-4-6-12(11)14)16-10(2)13-15-7-8-17-13/h3-10,16H,1-2H3/t9-,10?/m1/s1. The predicted octanol–water partition coefficient (Wildman–Crippen LogP) is 4.21. The lowest BCUT2D eigenvalue weighted by Gasteiger charge is -2.19. The summed E-state index contributed by atoms with van der Waals surface area (Å²) in [4.78, 5) is 4.31. The number of hydrogen-bond acceptors (Lipinski definition) is 3. The van der Waals surface area contributed by atoms with E-state index in [4.69, 9.17) is 11.6 Å². The first-order valence-corrected chi connectivity index (χ1v) is 6.84. The molecule has 1 aromatic carbocycles. The highest BCUT2D eigenvalue weighted by Crippen LogP contribution is 2.25. The molecule has 2 nitrogen and oxygen atoms in total. The summed E-state index contributed by atoms with van der Waals surface area (Å²) in [5.41, 5.74) is 1.12. The number of halogens is 1. The summed E-state index contributed by atoms with van der Waals surface area (Å²) in [6.45, 7) is 4.23. The average molecular weight is 267 g/mol. The molecule has 1 unspecified atom stereocenters. The summed E-state index contributed by atoms with van der Waals surface area (Å²) in [5, 5.41) is 7.40. The van der Waals surface area contributed by atoms with Crippen molar-refractivity contribution in [1.29, 1.82) is 0 Å². The molecule has 4 heteroatoms. The van der Waals surface area contributed by atoms with Crippen LogP contribution in [0.2, 0.25) is 5.02 Å². The molecule has 2 rings (SSSR count). The summed E-state index contributed by atoms with van der Waals surface area (Å²) < 4.78 is 0. The van der Waals surface area contributed by atoms with E-state index in [9.17, 15) is 0 Å². The van der Waals surface area contributed by atoms with Crippen LogP contribution in [0.5, 0.6) is 0 Å². The minimum absolute atomic E-state index is 0.211. The minimum Gasteiger partial charge on any atom is -0.301 e. The van der Waals surface area contributed by atoms with E-state index in [0.717, 1.165) is 15.6 Å². The molecule has 90 valence electrons. The van der Waals surface area contributed by atoms with Crippen LogP contribution in [0.4, 0.5) is 0 Å². The summed E-state index contributed by atoms with van der Waals surface area (Å²) in [5.74, 6) is 0. The Bertz CT molecular complexity index is 470. The van der Waals surface area contributed by atoms with E-state index in [1.54, 1.807) is 11.3 Å². The fourth-order valence-corrected chi connectivity index (χ4v) is 2.77. The Kier molecular flexibility index (Phi) is 4.15. The summed E-state index contributed by atoms with van der Waals surface area (Å²) in [6, 6.07) is 8.37. The average Bonchev–Trinajstić information content (AvgIpc) is 2.82. The van der Waals surface area contributed by atoms with Crippen molar-refractivity contribution in [3.63, 3.8) is 0 Å². The normalized spacial score (nSPS) is 14.5. The van der Waals surface area contributed by atoms with E-state index in [1.165, 1.54) is 0 Å². The maximum atomic E-state index is 6.17. The SMILES string of the molecule is CC(N[C@H](C)c1ccccc1Cl)c1nccs1. The Morgan fingerprint density at radius 3 is 2.65 bits per heavy atom. The number of thiazole rings is 1. The third-order valence-corrected chi connectivity index (χ3v) is 4.00. The van der Waals surface area contributed by atoms with Gasteiger partial charge < -0.3 is 5.32 Å². The Hall–Kier alpha value is -0.900. The quantitative estimate of drug-likeness (QED) is 0.897. The van der Waals surface area contributed by atoms with Gasteiger partial charge in [0.15, 0.2) is 0 Å². The van der Waals surface area contributed by atoms with Crippen molar-refractivity contribution in [1.82, 2.24) is 10.3 Å². The number of nitrogens with one attached hydrogen (secondary N) is 1. The second-order valence-electron chi connectivity index (χ2n) is 4.00. The topological polar surface area (TPSA) is 24.9 Å². The maximum absolute atomic E-state index is 6.17. The van der Waals surface area contributed by atoms with E-state index in [0.29, 0.717) is 0 Å². The number of rotatable bonds is 4. The van der Waals surface area contributed by atoms with Gasteiger partial charge in [0, 0.05) is 22.6 Å². The molecule has 0 aliphatic carbocycles. The molecule has 0 aliphatic heterocycles. The lowest BCUT2D eigenvalue weighted by atomic mass is 10.1. The van der Waals surface area contributed by atoms with Gasteiger partial charge in [-0.25, -0.2) is 4.98 Å². The van der Waals surface area contributed by atoms with Crippen LogP contribution in [0.1, 0.15) is 36.5 Å². The number of hydrogen-bond donors (Lipinski definition) is 1. The zero-order valence-electron chi connectivity index (χ0n) is 9.85. The van der Waals surface area contributed by atoms with Crippen molar-refractivity contribution in [2.45, 2.75) is 25.9 Å². The second kappa shape index (κ2) is 5.63. The molecule has 1 N–H and O–H groups in total. The minimum atomic E-state index is 0.211. The van der Waals surface area contributed by atoms with Crippen LogP contribution in [-0.2, 0) is 0 Å². The summed E-state index contributed by atoms with van der Waals surface area (Å²) in [7, 11) is 0. The number of nitrogens with zero attached hydrogens (tertiary/aromatic N) is 1. The second-order valence-corrected chi connectivity index (χ2v) is 5.34. The fraction of sp³-hybridized carbons (Fsp3) is 0.308. The first-order chi connectivity index (χ1) is 8.18. The van der Waals surface area contributed by atoms with Crippen LogP contribution >= 0.6 is 22.9 Å². The van der Waals surface area contributed by atoms with Gasteiger partial charge in [-0.3, -0.25) is 0 Å². The zero-order valence-corrected chi connectivity index (χ0v) is 11.4. The molecule has 17 heavy (non-hydrogen) atoms. The largest absolute Gasteiger partial charge is 0.301 e. The highest BCUT2D eigenvalue weighted by molar-refractivity contribution is 7.09. The van der Waals surface area contributed by atoms with Crippen molar-refractivity contribution >= 4 is 22.9 Å². The molecule has 1 aromatic heterocycles. The molecule has 0 amide bonds. The monoisotopic (exact) mass is 266 g/mol. The number of aromatic nitrogens is 1.